The van der Waals surface area contributed by atoms with Crippen molar-refractivity contribution in [2.24, 2.45) is 0 Å². The van der Waals surface area contributed by atoms with Crippen LogP contribution in [0.5, 0.6) is 5.75 Å². The summed E-state index contributed by atoms with van der Waals surface area (Å²) in [5, 5.41) is 6.40. The first-order valence-electron chi connectivity index (χ1n) is 10.5. The van der Waals surface area contributed by atoms with Gasteiger partial charge in [0.05, 0.1) is 0 Å². The lowest BCUT2D eigenvalue weighted by molar-refractivity contribution is -0.116. The molecule has 0 saturated carbocycles. The zero-order valence-corrected chi connectivity index (χ0v) is 17.8. The molecule has 2 N–H and O–H groups in total. The van der Waals surface area contributed by atoms with Gasteiger partial charge in [0.2, 0.25) is 5.91 Å². The van der Waals surface area contributed by atoms with Crippen molar-refractivity contribution in [2.45, 2.75) is 84.2 Å². The number of halogens is 1. The molecule has 0 aromatic heterocycles. The van der Waals surface area contributed by atoms with Gasteiger partial charge < -0.3 is 15.4 Å². The third-order valence-corrected chi connectivity index (χ3v) is 5.07. The molecule has 0 bridgehead atoms. The summed E-state index contributed by atoms with van der Waals surface area (Å²) < 4.78 is 6.06. The number of unbranched alkanes of at least 4 members (excludes halogenated alkanes) is 6. The average Bonchev–Trinajstić information content (AvgIpc) is 2.64. The van der Waals surface area contributed by atoms with Crippen LogP contribution in [-0.2, 0) is 4.79 Å². The highest BCUT2D eigenvalue weighted by Crippen LogP contribution is 2.24. The van der Waals surface area contributed by atoms with Gasteiger partial charge in [-0.3, -0.25) is 4.79 Å². The molecule has 1 saturated heterocycles. The van der Waals surface area contributed by atoms with E-state index >= 15 is 0 Å². The Morgan fingerprint density at radius 2 is 1.78 bits per heavy atom. The normalized spacial score (nSPS) is 14.4. The van der Waals surface area contributed by atoms with Crippen molar-refractivity contribution < 1.29 is 9.53 Å². The number of nitrogens with one attached hydrogen (secondary N) is 2. The Balaban J connectivity index is 0.00000364. The molecule has 0 atom stereocenters. The zero-order chi connectivity index (χ0) is 18.6. The molecule has 5 heteroatoms. The molecule has 0 unspecified atom stereocenters. The molecule has 1 fully saturated rings. The smallest absolute Gasteiger partial charge is 0.224 e. The maximum Gasteiger partial charge on any atom is 0.224 e. The predicted molar refractivity (Wildman–Crippen MR) is 116 cm³/mol. The molecule has 2 rings (SSSR count). The van der Waals surface area contributed by atoms with E-state index in [0.29, 0.717) is 12.5 Å². The van der Waals surface area contributed by atoms with Crippen molar-refractivity contribution in [2.75, 3.05) is 18.4 Å². The number of hydrogen-bond acceptors (Lipinski definition) is 3. The van der Waals surface area contributed by atoms with Gasteiger partial charge in [-0.15, -0.1) is 12.4 Å². The predicted octanol–water partition coefficient (Wildman–Crippen LogP) is 5.63. The standard InChI is InChI=1S/C22H36N2O2.ClH/c1-3-4-5-6-7-8-9-10-22(25)24-21-12-11-20(17-18(21)2)26-19-13-15-23-16-14-19;/h11-12,17,19,23H,3-10,13-16H2,1-2H3,(H,24,25);1H. The second-order valence-electron chi connectivity index (χ2n) is 7.46. The molecule has 1 amide bonds. The van der Waals surface area contributed by atoms with Crippen LogP contribution in [0.25, 0.3) is 0 Å². The molecule has 27 heavy (non-hydrogen) atoms. The van der Waals surface area contributed by atoms with Gasteiger partial charge >= 0.3 is 0 Å². The first kappa shape index (κ1) is 23.8. The molecule has 1 aromatic carbocycles. The van der Waals surface area contributed by atoms with Gasteiger partial charge in [-0.2, -0.15) is 0 Å². The van der Waals surface area contributed by atoms with Crippen LogP contribution in [0.1, 0.15) is 76.7 Å². The highest BCUT2D eigenvalue weighted by atomic mass is 35.5. The molecule has 0 aliphatic carbocycles. The quantitative estimate of drug-likeness (QED) is 0.477. The van der Waals surface area contributed by atoms with Crippen LogP contribution in [0.4, 0.5) is 5.69 Å². The van der Waals surface area contributed by atoms with Gasteiger partial charge in [0.1, 0.15) is 11.9 Å². The lowest BCUT2D eigenvalue weighted by Crippen LogP contribution is -2.34. The average molecular weight is 397 g/mol. The number of amides is 1. The third-order valence-electron chi connectivity index (χ3n) is 5.07. The summed E-state index contributed by atoms with van der Waals surface area (Å²) in [4.78, 5) is 12.2. The number of anilines is 1. The molecular weight excluding hydrogens is 360 g/mol. The minimum absolute atomic E-state index is 0. The highest BCUT2D eigenvalue weighted by Gasteiger charge is 2.15. The van der Waals surface area contributed by atoms with Crippen molar-refractivity contribution in [3.05, 3.63) is 23.8 Å². The number of carbonyl (C=O) groups excluding carboxylic acids is 1. The Morgan fingerprint density at radius 3 is 2.44 bits per heavy atom. The fourth-order valence-corrected chi connectivity index (χ4v) is 3.41. The first-order chi connectivity index (χ1) is 12.7. The second-order valence-corrected chi connectivity index (χ2v) is 7.46. The molecule has 1 aromatic rings. The molecule has 4 nitrogen and oxygen atoms in total. The Morgan fingerprint density at radius 1 is 1.11 bits per heavy atom. The van der Waals surface area contributed by atoms with Crippen LogP contribution in [-0.4, -0.2) is 25.1 Å². The Hall–Kier alpha value is -1.26. The van der Waals surface area contributed by atoms with Crippen molar-refractivity contribution in [1.29, 1.82) is 0 Å². The molecule has 1 heterocycles. The molecular formula is C22H37ClN2O2. The Bertz CT molecular complexity index is 545. The summed E-state index contributed by atoms with van der Waals surface area (Å²) in [7, 11) is 0. The van der Waals surface area contributed by atoms with Crippen molar-refractivity contribution >= 4 is 24.0 Å². The lowest BCUT2D eigenvalue weighted by Gasteiger charge is -2.24. The number of benzene rings is 1. The van der Waals surface area contributed by atoms with Gasteiger partial charge in [-0.1, -0.05) is 45.4 Å². The molecule has 1 aliphatic rings. The number of carbonyl (C=O) groups is 1. The van der Waals surface area contributed by atoms with E-state index in [2.05, 4.69) is 17.6 Å². The van der Waals surface area contributed by atoms with E-state index in [1.54, 1.807) is 0 Å². The topological polar surface area (TPSA) is 50.4 Å². The fraction of sp³-hybridized carbons (Fsp3) is 0.682. The Kier molecular flexibility index (Phi) is 12.2. The van der Waals surface area contributed by atoms with Crippen LogP contribution in [0.2, 0.25) is 0 Å². The van der Waals surface area contributed by atoms with Crippen molar-refractivity contribution in [3.63, 3.8) is 0 Å². The first-order valence-corrected chi connectivity index (χ1v) is 10.5. The zero-order valence-electron chi connectivity index (χ0n) is 17.0. The third kappa shape index (κ3) is 9.48. The van der Waals surface area contributed by atoms with Gasteiger partial charge in [0.25, 0.3) is 0 Å². The van der Waals surface area contributed by atoms with Crippen molar-refractivity contribution in [1.82, 2.24) is 5.32 Å². The Labute approximate surface area is 171 Å². The molecule has 154 valence electrons. The van der Waals surface area contributed by atoms with E-state index in [4.69, 9.17) is 4.74 Å². The van der Waals surface area contributed by atoms with Crippen LogP contribution in [0, 0.1) is 6.92 Å². The van der Waals surface area contributed by atoms with E-state index in [1.807, 2.05) is 25.1 Å². The van der Waals surface area contributed by atoms with E-state index in [1.165, 1.54) is 32.1 Å². The van der Waals surface area contributed by atoms with E-state index in [0.717, 1.165) is 55.8 Å². The van der Waals surface area contributed by atoms with Crippen molar-refractivity contribution in [3.8, 4) is 5.75 Å². The van der Waals surface area contributed by atoms with Crippen LogP contribution in [0.15, 0.2) is 18.2 Å². The summed E-state index contributed by atoms with van der Waals surface area (Å²) in [6, 6.07) is 5.97. The number of piperidine rings is 1. The largest absolute Gasteiger partial charge is 0.490 e. The van der Waals surface area contributed by atoms with Crippen LogP contribution >= 0.6 is 12.4 Å². The number of ether oxygens (including phenoxy) is 1. The summed E-state index contributed by atoms with van der Waals surface area (Å²) in [6.07, 6.45) is 11.6. The van der Waals surface area contributed by atoms with E-state index < -0.39 is 0 Å². The fourth-order valence-electron chi connectivity index (χ4n) is 3.41. The highest BCUT2D eigenvalue weighted by molar-refractivity contribution is 5.91. The van der Waals surface area contributed by atoms with Gasteiger partial charge in [0, 0.05) is 12.1 Å². The lowest BCUT2D eigenvalue weighted by atomic mass is 10.1. The van der Waals surface area contributed by atoms with E-state index in [-0.39, 0.29) is 18.3 Å². The number of aryl methyl sites for hydroxylation is 1. The maximum absolute atomic E-state index is 12.2. The summed E-state index contributed by atoms with van der Waals surface area (Å²) in [5.74, 6) is 1.02. The number of hydrogen-bond donors (Lipinski definition) is 2. The van der Waals surface area contributed by atoms with E-state index in [9.17, 15) is 4.79 Å². The molecule has 0 spiro atoms. The maximum atomic E-state index is 12.2. The van der Waals surface area contributed by atoms with Gasteiger partial charge in [-0.25, -0.2) is 0 Å². The van der Waals surface area contributed by atoms with Gasteiger partial charge in [0.15, 0.2) is 0 Å². The van der Waals surface area contributed by atoms with Crippen LogP contribution < -0.4 is 15.4 Å². The summed E-state index contributed by atoms with van der Waals surface area (Å²) in [6.45, 7) is 6.31. The molecule has 1 aliphatic heterocycles. The SMILES string of the molecule is CCCCCCCCCC(=O)Nc1ccc(OC2CCNCC2)cc1C.Cl. The second kappa shape index (κ2) is 13.8. The summed E-state index contributed by atoms with van der Waals surface area (Å²) in [5.41, 5.74) is 1.96. The van der Waals surface area contributed by atoms with Gasteiger partial charge in [-0.05, 0) is 63.0 Å². The summed E-state index contributed by atoms with van der Waals surface area (Å²) >= 11 is 0. The minimum atomic E-state index is 0. The number of rotatable bonds is 11. The monoisotopic (exact) mass is 396 g/mol. The minimum Gasteiger partial charge on any atom is -0.490 e. The van der Waals surface area contributed by atoms with Crippen LogP contribution in [0.3, 0.4) is 0 Å². The molecule has 0 radical (unpaired) electrons.